The summed E-state index contributed by atoms with van der Waals surface area (Å²) in [6, 6.07) is 0. The lowest BCUT2D eigenvalue weighted by Crippen LogP contribution is -2.11. The van der Waals surface area contributed by atoms with Crippen LogP contribution in [0.2, 0.25) is 0 Å². The van der Waals surface area contributed by atoms with Gasteiger partial charge in [-0.25, -0.2) is 9.97 Å². The number of halogens is 1. The molecule has 0 aliphatic heterocycles. The van der Waals surface area contributed by atoms with Gasteiger partial charge in [0.1, 0.15) is 11.6 Å². The maximum atomic E-state index is 4.73. The van der Waals surface area contributed by atoms with Crippen molar-refractivity contribution >= 4 is 33.5 Å². The molecule has 3 nitrogen and oxygen atoms in total. The van der Waals surface area contributed by atoms with E-state index in [1.807, 2.05) is 11.8 Å². The predicted octanol–water partition coefficient (Wildman–Crippen LogP) is 5.19. The van der Waals surface area contributed by atoms with E-state index < -0.39 is 0 Å². The average molecular weight is 372 g/mol. The van der Waals surface area contributed by atoms with Crippen molar-refractivity contribution in [2.75, 3.05) is 11.9 Å². The van der Waals surface area contributed by atoms with E-state index in [1.54, 1.807) is 0 Å². The summed E-state index contributed by atoms with van der Waals surface area (Å²) < 4.78 is 1.03. The fraction of sp³-hybridized carbons (Fsp3) is 0.750. The SMILES string of the molecule is CCCNc1nc(CSC2CCCCC2)nc(CC)c1Br. The van der Waals surface area contributed by atoms with Crippen molar-refractivity contribution in [2.45, 2.75) is 69.8 Å². The number of aromatic nitrogens is 2. The number of anilines is 1. The fourth-order valence-corrected chi connectivity index (χ4v) is 4.41. The molecule has 0 aromatic carbocycles. The summed E-state index contributed by atoms with van der Waals surface area (Å²) in [6.45, 7) is 5.27. The first-order valence-electron chi connectivity index (χ1n) is 8.15. The Morgan fingerprint density at radius 3 is 2.62 bits per heavy atom. The highest BCUT2D eigenvalue weighted by atomic mass is 79.9. The van der Waals surface area contributed by atoms with Crippen LogP contribution >= 0.6 is 27.7 Å². The molecule has 1 saturated carbocycles. The third kappa shape index (κ3) is 5.13. The minimum Gasteiger partial charge on any atom is -0.369 e. The highest BCUT2D eigenvalue weighted by molar-refractivity contribution is 9.10. The molecule has 1 aromatic rings. The van der Waals surface area contributed by atoms with Crippen molar-refractivity contribution in [1.82, 2.24) is 9.97 Å². The summed E-state index contributed by atoms with van der Waals surface area (Å²) in [6.07, 6.45) is 8.96. The Kier molecular flexibility index (Phi) is 7.30. The van der Waals surface area contributed by atoms with Crippen LogP contribution in [0.5, 0.6) is 0 Å². The summed E-state index contributed by atoms with van der Waals surface area (Å²) >= 11 is 5.68. The number of hydrogen-bond acceptors (Lipinski definition) is 4. The molecule has 0 unspecified atom stereocenters. The van der Waals surface area contributed by atoms with Crippen LogP contribution in [0.15, 0.2) is 4.47 Å². The maximum absolute atomic E-state index is 4.73. The molecule has 0 atom stereocenters. The van der Waals surface area contributed by atoms with Crippen molar-refractivity contribution in [3.63, 3.8) is 0 Å². The first-order valence-corrected chi connectivity index (χ1v) is 9.99. The number of hydrogen-bond donors (Lipinski definition) is 1. The molecule has 0 radical (unpaired) electrons. The molecule has 118 valence electrons. The highest BCUT2D eigenvalue weighted by Gasteiger charge is 2.16. The molecule has 1 fully saturated rings. The minimum atomic E-state index is 0.808. The van der Waals surface area contributed by atoms with Crippen LogP contribution in [0.3, 0.4) is 0 Å². The lowest BCUT2D eigenvalue weighted by Gasteiger charge is -2.21. The van der Waals surface area contributed by atoms with Crippen LogP contribution in [0.25, 0.3) is 0 Å². The zero-order valence-corrected chi connectivity index (χ0v) is 15.5. The molecule has 2 rings (SSSR count). The van der Waals surface area contributed by atoms with Gasteiger partial charge < -0.3 is 5.32 Å². The van der Waals surface area contributed by atoms with E-state index in [1.165, 1.54) is 32.1 Å². The summed E-state index contributed by atoms with van der Waals surface area (Å²) in [5.41, 5.74) is 1.11. The molecule has 1 heterocycles. The highest BCUT2D eigenvalue weighted by Crippen LogP contribution is 2.31. The van der Waals surface area contributed by atoms with E-state index in [9.17, 15) is 0 Å². The second-order valence-electron chi connectivity index (χ2n) is 5.60. The van der Waals surface area contributed by atoms with Gasteiger partial charge in [-0.1, -0.05) is 33.1 Å². The second-order valence-corrected chi connectivity index (χ2v) is 7.68. The van der Waals surface area contributed by atoms with Crippen LogP contribution in [0.4, 0.5) is 5.82 Å². The predicted molar refractivity (Wildman–Crippen MR) is 96.1 cm³/mol. The van der Waals surface area contributed by atoms with Crippen LogP contribution in [-0.2, 0) is 12.2 Å². The lowest BCUT2D eigenvalue weighted by molar-refractivity contribution is 0.516. The first-order chi connectivity index (χ1) is 10.2. The summed E-state index contributed by atoms with van der Waals surface area (Å²) in [5, 5.41) is 4.22. The molecule has 1 aliphatic carbocycles. The van der Waals surface area contributed by atoms with Gasteiger partial charge in [-0.2, -0.15) is 11.8 Å². The van der Waals surface area contributed by atoms with Crippen LogP contribution in [-0.4, -0.2) is 21.8 Å². The Labute approximate surface area is 141 Å². The third-order valence-corrected chi connectivity index (χ3v) is 6.04. The summed E-state index contributed by atoms with van der Waals surface area (Å²) in [5.74, 6) is 2.87. The topological polar surface area (TPSA) is 37.8 Å². The van der Waals surface area contributed by atoms with Crippen molar-refractivity contribution < 1.29 is 0 Å². The molecule has 1 aromatic heterocycles. The van der Waals surface area contributed by atoms with Crippen molar-refractivity contribution in [1.29, 1.82) is 0 Å². The Bertz CT molecular complexity index is 447. The van der Waals surface area contributed by atoms with E-state index in [-0.39, 0.29) is 0 Å². The zero-order chi connectivity index (χ0) is 15.1. The Morgan fingerprint density at radius 1 is 1.19 bits per heavy atom. The van der Waals surface area contributed by atoms with E-state index in [2.05, 4.69) is 35.1 Å². The van der Waals surface area contributed by atoms with Crippen LogP contribution in [0, 0.1) is 0 Å². The number of thioether (sulfide) groups is 1. The van der Waals surface area contributed by atoms with Gasteiger partial charge in [-0.15, -0.1) is 0 Å². The van der Waals surface area contributed by atoms with Crippen molar-refractivity contribution in [3.8, 4) is 0 Å². The molecule has 21 heavy (non-hydrogen) atoms. The standard InChI is InChI=1S/C16H26BrN3S/c1-3-10-18-16-15(17)13(4-2)19-14(20-16)11-21-12-8-6-5-7-9-12/h12H,3-11H2,1-2H3,(H,18,19,20). The van der Waals surface area contributed by atoms with E-state index in [0.717, 1.165) is 52.2 Å². The minimum absolute atomic E-state index is 0.808. The van der Waals surface area contributed by atoms with Gasteiger partial charge in [-0.05, 0) is 41.6 Å². The molecule has 1 N–H and O–H groups in total. The van der Waals surface area contributed by atoms with Crippen LogP contribution < -0.4 is 5.32 Å². The number of nitrogens with zero attached hydrogens (tertiary/aromatic N) is 2. The van der Waals surface area contributed by atoms with Gasteiger partial charge in [0, 0.05) is 11.8 Å². The smallest absolute Gasteiger partial charge is 0.144 e. The van der Waals surface area contributed by atoms with Crippen molar-refractivity contribution in [3.05, 3.63) is 16.0 Å². The molecular weight excluding hydrogens is 346 g/mol. The lowest BCUT2D eigenvalue weighted by atomic mass is 10.0. The quantitative estimate of drug-likeness (QED) is 0.715. The molecule has 0 bridgehead atoms. The molecular formula is C16H26BrN3S. The van der Waals surface area contributed by atoms with Crippen LogP contribution in [0.1, 0.15) is 63.9 Å². The maximum Gasteiger partial charge on any atom is 0.144 e. The average Bonchev–Trinajstić information content (AvgIpc) is 2.53. The van der Waals surface area contributed by atoms with E-state index in [0.29, 0.717) is 0 Å². The Morgan fingerprint density at radius 2 is 1.95 bits per heavy atom. The monoisotopic (exact) mass is 371 g/mol. The number of rotatable bonds is 7. The first kappa shape index (κ1) is 17.1. The van der Waals surface area contributed by atoms with Gasteiger partial charge >= 0.3 is 0 Å². The molecule has 5 heteroatoms. The van der Waals surface area contributed by atoms with Gasteiger partial charge in [0.25, 0.3) is 0 Å². The van der Waals surface area contributed by atoms with Gasteiger partial charge in [0.2, 0.25) is 0 Å². The third-order valence-electron chi connectivity index (χ3n) is 3.84. The molecule has 0 spiro atoms. The summed E-state index contributed by atoms with van der Waals surface area (Å²) in [4.78, 5) is 9.44. The fourth-order valence-electron chi connectivity index (χ4n) is 2.63. The summed E-state index contributed by atoms with van der Waals surface area (Å²) in [7, 11) is 0. The molecule has 1 aliphatic rings. The number of nitrogens with one attached hydrogen (secondary N) is 1. The normalized spacial score (nSPS) is 16.1. The zero-order valence-electron chi connectivity index (χ0n) is 13.1. The van der Waals surface area contributed by atoms with E-state index in [4.69, 9.17) is 9.97 Å². The van der Waals surface area contributed by atoms with Gasteiger partial charge in [0.05, 0.1) is 15.9 Å². The van der Waals surface area contributed by atoms with E-state index >= 15 is 0 Å². The largest absolute Gasteiger partial charge is 0.369 e. The number of aryl methyl sites for hydroxylation is 1. The Hall–Kier alpha value is -0.290. The molecule has 0 saturated heterocycles. The van der Waals surface area contributed by atoms with Gasteiger partial charge in [-0.3, -0.25) is 0 Å². The Balaban J connectivity index is 2.03. The van der Waals surface area contributed by atoms with Crippen molar-refractivity contribution in [2.24, 2.45) is 0 Å². The molecule has 0 amide bonds. The van der Waals surface area contributed by atoms with Gasteiger partial charge in [0.15, 0.2) is 0 Å². The second kappa shape index (κ2) is 8.99.